The highest BCUT2D eigenvalue weighted by Gasteiger charge is 2.07. The normalized spacial score (nSPS) is 11.0. The fraction of sp³-hybridized carbons (Fsp3) is 0. The van der Waals surface area contributed by atoms with Crippen LogP contribution in [0.3, 0.4) is 0 Å². The molecule has 98 valence electrons. The molecule has 20 heavy (non-hydrogen) atoms. The Morgan fingerprint density at radius 1 is 0.450 bits per heavy atom. The van der Waals surface area contributed by atoms with Crippen LogP contribution < -0.4 is 0 Å². The molecule has 0 aliphatic carbocycles. The lowest BCUT2D eigenvalue weighted by molar-refractivity contribution is 1.29. The third-order valence-corrected chi connectivity index (χ3v) is 3.44. The van der Waals surface area contributed by atoms with Gasteiger partial charge in [0, 0.05) is 12.4 Å². The van der Waals surface area contributed by atoms with Gasteiger partial charge in [-0.2, -0.15) is 0 Å². The van der Waals surface area contributed by atoms with E-state index in [0.717, 1.165) is 34.2 Å². The predicted octanol–water partition coefficient (Wildman–Crippen LogP) is 4.00. The van der Waals surface area contributed by atoms with Gasteiger partial charge in [0.05, 0.1) is 34.2 Å². The van der Waals surface area contributed by atoms with Gasteiger partial charge < -0.3 is 19.9 Å². The molecule has 4 N–H and O–H groups in total. The Morgan fingerprint density at radius 3 is 1.20 bits per heavy atom. The van der Waals surface area contributed by atoms with E-state index in [0.29, 0.717) is 0 Å². The van der Waals surface area contributed by atoms with Gasteiger partial charge in [0.25, 0.3) is 0 Å². The van der Waals surface area contributed by atoms with Crippen molar-refractivity contribution in [2.45, 2.75) is 0 Å². The second kappa shape index (κ2) is 4.35. The first-order valence-corrected chi connectivity index (χ1v) is 6.56. The van der Waals surface area contributed by atoms with Gasteiger partial charge in [0.1, 0.15) is 0 Å². The molecule has 4 nitrogen and oxygen atoms in total. The molecule has 0 aliphatic heterocycles. The molecule has 0 fully saturated rings. The molecule has 4 rings (SSSR count). The molecule has 0 aromatic carbocycles. The average Bonchev–Trinajstić information content (AvgIpc) is 3.22. The Balaban J connectivity index is 1.68. The molecule has 0 spiro atoms. The second-order valence-electron chi connectivity index (χ2n) is 4.74. The van der Waals surface area contributed by atoms with E-state index in [1.54, 1.807) is 0 Å². The summed E-state index contributed by atoms with van der Waals surface area (Å²) < 4.78 is 0. The van der Waals surface area contributed by atoms with Crippen molar-refractivity contribution in [1.29, 1.82) is 0 Å². The van der Waals surface area contributed by atoms with E-state index in [1.807, 2.05) is 24.5 Å². The first-order chi connectivity index (χ1) is 9.90. The Hall–Kier alpha value is -2.88. The van der Waals surface area contributed by atoms with Gasteiger partial charge in [0.15, 0.2) is 0 Å². The number of H-pyrrole nitrogens is 4. The number of rotatable bonds is 3. The second-order valence-corrected chi connectivity index (χ2v) is 4.74. The molecule has 4 heterocycles. The largest absolute Gasteiger partial charge is 0.360 e. The number of nitrogens with one attached hydrogen (secondary N) is 4. The van der Waals surface area contributed by atoms with E-state index in [1.165, 1.54) is 0 Å². The van der Waals surface area contributed by atoms with Crippen LogP contribution in [-0.4, -0.2) is 19.9 Å². The zero-order valence-corrected chi connectivity index (χ0v) is 10.8. The van der Waals surface area contributed by atoms with Crippen molar-refractivity contribution in [3.8, 4) is 34.2 Å². The van der Waals surface area contributed by atoms with Crippen molar-refractivity contribution in [3.05, 3.63) is 60.9 Å². The topological polar surface area (TPSA) is 63.2 Å². The predicted molar refractivity (Wildman–Crippen MR) is 80.2 cm³/mol. The van der Waals surface area contributed by atoms with Crippen LogP contribution in [0.15, 0.2) is 60.9 Å². The van der Waals surface area contributed by atoms with Crippen LogP contribution >= 0.6 is 0 Å². The van der Waals surface area contributed by atoms with E-state index >= 15 is 0 Å². The molecule has 4 heteroatoms. The van der Waals surface area contributed by atoms with Crippen LogP contribution in [0.25, 0.3) is 34.2 Å². The molecule has 4 aromatic heterocycles. The highest BCUT2D eigenvalue weighted by Crippen LogP contribution is 2.25. The van der Waals surface area contributed by atoms with Crippen LogP contribution in [0, 0.1) is 0 Å². The van der Waals surface area contributed by atoms with Crippen molar-refractivity contribution in [2.75, 3.05) is 0 Å². The minimum Gasteiger partial charge on any atom is -0.360 e. The number of aromatic amines is 4. The zero-order valence-electron chi connectivity index (χ0n) is 10.8. The van der Waals surface area contributed by atoms with Crippen molar-refractivity contribution in [3.63, 3.8) is 0 Å². The fourth-order valence-corrected chi connectivity index (χ4v) is 2.41. The van der Waals surface area contributed by atoms with Gasteiger partial charge in [-0.15, -0.1) is 0 Å². The van der Waals surface area contributed by atoms with Crippen LogP contribution in [-0.2, 0) is 0 Å². The summed E-state index contributed by atoms with van der Waals surface area (Å²) in [6, 6.07) is 16.4. The minimum atomic E-state index is 1.08. The molecule has 0 radical (unpaired) electrons. The molecule has 0 aliphatic rings. The lowest BCUT2D eigenvalue weighted by atomic mass is 10.3. The van der Waals surface area contributed by atoms with Crippen LogP contribution in [0.1, 0.15) is 0 Å². The molecule has 4 aromatic rings. The average molecular weight is 262 g/mol. The molecule has 0 saturated carbocycles. The fourth-order valence-electron chi connectivity index (χ4n) is 2.41. The monoisotopic (exact) mass is 262 g/mol. The van der Waals surface area contributed by atoms with Crippen LogP contribution in [0.2, 0.25) is 0 Å². The van der Waals surface area contributed by atoms with Gasteiger partial charge in [0.2, 0.25) is 0 Å². The molecule has 0 bridgehead atoms. The minimum absolute atomic E-state index is 1.08. The van der Waals surface area contributed by atoms with Gasteiger partial charge >= 0.3 is 0 Å². The van der Waals surface area contributed by atoms with E-state index < -0.39 is 0 Å². The number of aromatic nitrogens is 4. The lowest BCUT2D eigenvalue weighted by Crippen LogP contribution is -1.81. The summed E-state index contributed by atoms with van der Waals surface area (Å²) in [6.45, 7) is 0. The van der Waals surface area contributed by atoms with Crippen molar-refractivity contribution in [2.24, 2.45) is 0 Å². The van der Waals surface area contributed by atoms with Crippen molar-refractivity contribution in [1.82, 2.24) is 19.9 Å². The van der Waals surface area contributed by atoms with Crippen LogP contribution in [0.4, 0.5) is 0 Å². The summed E-state index contributed by atoms with van der Waals surface area (Å²) in [5.74, 6) is 0. The Bertz CT molecular complexity index is 730. The van der Waals surface area contributed by atoms with Crippen LogP contribution in [0.5, 0.6) is 0 Å². The smallest absolute Gasteiger partial charge is 0.0624 e. The highest BCUT2D eigenvalue weighted by atomic mass is 14.8. The third kappa shape index (κ3) is 1.78. The van der Waals surface area contributed by atoms with Gasteiger partial charge in [-0.25, -0.2) is 0 Å². The van der Waals surface area contributed by atoms with Crippen molar-refractivity contribution >= 4 is 0 Å². The SMILES string of the molecule is c1c[nH]c(-c2ccc(-c3ccc(-c4ccc[nH]4)[nH]3)[nH]2)c1. The maximum atomic E-state index is 3.42. The summed E-state index contributed by atoms with van der Waals surface area (Å²) in [5, 5.41) is 0. The van der Waals surface area contributed by atoms with E-state index in [9.17, 15) is 0 Å². The first-order valence-electron chi connectivity index (χ1n) is 6.56. The Labute approximate surface area is 115 Å². The highest BCUT2D eigenvalue weighted by molar-refractivity contribution is 5.68. The summed E-state index contributed by atoms with van der Waals surface area (Å²) >= 11 is 0. The zero-order chi connectivity index (χ0) is 13.4. The van der Waals surface area contributed by atoms with Gasteiger partial charge in [-0.1, -0.05) is 0 Å². The van der Waals surface area contributed by atoms with Gasteiger partial charge in [-0.3, -0.25) is 0 Å². The Morgan fingerprint density at radius 2 is 0.850 bits per heavy atom. The standard InChI is InChI=1S/C16H14N4/c1-3-11(17-9-1)13-5-7-15(19-13)16-8-6-14(20-16)12-4-2-10-18-12/h1-10,17-20H. The number of hydrogen-bond donors (Lipinski definition) is 4. The lowest BCUT2D eigenvalue weighted by Gasteiger charge is -1.96. The molecular weight excluding hydrogens is 248 g/mol. The molecule has 0 amide bonds. The maximum absolute atomic E-state index is 3.42. The molecular formula is C16H14N4. The summed E-state index contributed by atoms with van der Waals surface area (Å²) in [4.78, 5) is 13.2. The maximum Gasteiger partial charge on any atom is 0.0624 e. The Kier molecular flexibility index (Phi) is 2.39. The summed E-state index contributed by atoms with van der Waals surface area (Å²) in [6.07, 6.45) is 3.85. The third-order valence-electron chi connectivity index (χ3n) is 3.44. The van der Waals surface area contributed by atoms with E-state index in [-0.39, 0.29) is 0 Å². The molecule has 0 atom stereocenters. The number of hydrogen-bond acceptors (Lipinski definition) is 0. The summed E-state index contributed by atoms with van der Waals surface area (Å²) in [5.41, 5.74) is 6.50. The first kappa shape index (κ1) is 11.0. The summed E-state index contributed by atoms with van der Waals surface area (Å²) in [7, 11) is 0. The molecule has 0 unspecified atom stereocenters. The quantitative estimate of drug-likeness (QED) is 0.431. The van der Waals surface area contributed by atoms with E-state index in [4.69, 9.17) is 0 Å². The molecule has 0 saturated heterocycles. The van der Waals surface area contributed by atoms with Crippen molar-refractivity contribution < 1.29 is 0 Å². The van der Waals surface area contributed by atoms with E-state index in [2.05, 4.69) is 56.3 Å². The van der Waals surface area contributed by atoms with Gasteiger partial charge in [-0.05, 0) is 48.5 Å².